The summed E-state index contributed by atoms with van der Waals surface area (Å²) < 4.78 is 26.2. The topological polar surface area (TPSA) is 89.0 Å². The van der Waals surface area contributed by atoms with Crippen LogP contribution in [0, 0.1) is 5.82 Å². The molecule has 3 aromatic carbocycles. The predicted octanol–water partition coefficient (Wildman–Crippen LogP) is 5.60. The van der Waals surface area contributed by atoms with Gasteiger partial charge in [-0.05, 0) is 54.1 Å². The molecule has 0 radical (unpaired) electrons. The summed E-state index contributed by atoms with van der Waals surface area (Å²) in [4.78, 5) is 32.5. The Bertz CT molecular complexity index is 1600. The number of aliphatic hydroxyl groups excluding tert-OH is 1. The highest BCUT2D eigenvalue weighted by molar-refractivity contribution is 9.10. The summed E-state index contributed by atoms with van der Waals surface area (Å²) in [5, 5.41) is 11.6. The summed E-state index contributed by atoms with van der Waals surface area (Å²) >= 11 is 4.54. The molecule has 10 heteroatoms. The van der Waals surface area contributed by atoms with E-state index in [1.165, 1.54) is 23.1 Å². The van der Waals surface area contributed by atoms with E-state index in [9.17, 15) is 19.1 Å². The van der Waals surface area contributed by atoms with E-state index < -0.39 is 23.5 Å². The first-order chi connectivity index (χ1) is 17.4. The highest BCUT2D eigenvalue weighted by Gasteiger charge is 2.48. The summed E-state index contributed by atoms with van der Waals surface area (Å²) in [5.41, 5.74) is 1.31. The minimum atomic E-state index is -0.957. The van der Waals surface area contributed by atoms with Crippen LogP contribution in [0.1, 0.15) is 17.2 Å². The molecular formula is C26H16BrFN2O5S. The Balaban J connectivity index is 1.54. The van der Waals surface area contributed by atoms with Gasteiger partial charge in [0, 0.05) is 10.0 Å². The maximum Gasteiger partial charge on any atom is 0.301 e. The molecule has 36 heavy (non-hydrogen) atoms. The van der Waals surface area contributed by atoms with Gasteiger partial charge in [0.2, 0.25) is 0 Å². The van der Waals surface area contributed by atoms with Crippen molar-refractivity contribution in [3.8, 4) is 11.5 Å². The molecule has 4 aromatic rings. The molecule has 1 unspecified atom stereocenters. The number of thiazole rings is 1. The summed E-state index contributed by atoms with van der Waals surface area (Å²) in [6, 6.07) is 15.1. The van der Waals surface area contributed by atoms with Gasteiger partial charge in [0.1, 0.15) is 24.8 Å². The van der Waals surface area contributed by atoms with Crippen LogP contribution >= 0.6 is 27.3 Å². The lowest BCUT2D eigenvalue weighted by Gasteiger charge is -2.23. The molecule has 0 bridgehead atoms. The lowest BCUT2D eigenvalue weighted by atomic mass is 9.95. The second-order valence-electron chi connectivity index (χ2n) is 8.19. The maximum absolute atomic E-state index is 13.8. The van der Waals surface area contributed by atoms with E-state index in [4.69, 9.17) is 9.47 Å². The van der Waals surface area contributed by atoms with Gasteiger partial charge in [-0.1, -0.05) is 39.4 Å². The number of hydrogen-bond acceptors (Lipinski definition) is 7. The minimum absolute atomic E-state index is 0.0831. The first kappa shape index (κ1) is 22.7. The monoisotopic (exact) mass is 566 g/mol. The number of ether oxygens (including phenoxy) is 2. The van der Waals surface area contributed by atoms with E-state index in [0.29, 0.717) is 46.1 Å². The number of halogens is 2. The number of amides is 1. The maximum atomic E-state index is 13.8. The summed E-state index contributed by atoms with van der Waals surface area (Å²) in [6.07, 6.45) is 0. The summed E-state index contributed by atoms with van der Waals surface area (Å²) in [5.74, 6) is -1.49. The number of benzene rings is 3. The van der Waals surface area contributed by atoms with Gasteiger partial charge < -0.3 is 14.6 Å². The second kappa shape index (κ2) is 8.72. The number of ketones is 1. The van der Waals surface area contributed by atoms with Crippen LogP contribution in [0.2, 0.25) is 0 Å². The van der Waals surface area contributed by atoms with Gasteiger partial charge >= 0.3 is 5.91 Å². The normalized spacial score (nSPS) is 18.7. The Morgan fingerprint density at radius 2 is 1.86 bits per heavy atom. The molecule has 1 aromatic heterocycles. The number of hydrogen-bond donors (Lipinski definition) is 1. The van der Waals surface area contributed by atoms with Crippen LogP contribution < -0.4 is 14.4 Å². The number of aromatic nitrogens is 1. The fourth-order valence-electron chi connectivity index (χ4n) is 4.36. The lowest BCUT2D eigenvalue weighted by molar-refractivity contribution is -0.132. The molecule has 6 rings (SSSR count). The van der Waals surface area contributed by atoms with Crippen LogP contribution in [-0.2, 0) is 9.59 Å². The molecule has 1 N–H and O–H groups in total. The molecule has 2 aliphatic heterocycles. The highest BCUT2D eigenvalue weighted by Crippen LogP contribution is 2.45. The van der Waals surface area contributed by atoms with Crippen molar-refractivity contribution in [3.05, 3.63) is 87.7 Å². The second-order valence-corrected chi connectivity index (χ2v) is 10.1. The lowest BCUT2D eigenvalue weighted by Crippen LogP contribution is -2.29. The third kappa shape index (κ3) is 3.73. The van der Waals surface area contributed by atoms with E-state index in [1.54, 1.807) is 36.4 Å². The van der Waals surface area contributed by atoms with Gasteiger partial charge in [-0.2, -0.15) is 0 Å². The third-order valence-electron chi connectivity index (χ3n) is 5.97. The van der Waals surface area contributed by atoms with Gasteiger partial charge in [0.05, 0.1) is 21.8 Å². The average Bonchev–Trinajstić information content (AvgIpc) is 3.41. The predicted molar refractivity (Wildman–Crippen MR) is 136 cm³/mol. The van der Waals surface area contributed by atoms with Crippen molar-refractivity contribution in [1.82, 2.24) is 4.98 Å². The molecule has 0 saturated carbocycles. The number of carbonyl (C=O) groups is 2. The zero-order valence-corrected chi connectivity index (χ0v) is 20.8. The molecule has 0 spiro atoms. The standard InChI is InChI=1S/C26H16BrFN2O5S/c27-15-3-1-2-13(10-15)22-21(23(31)14-4-7-18-19(11-14)35-9-8-34-18)24(32)25(33)30(22)26-29-17-6-5-16(28)12-20(17)36-26/h1-7,10-12,22,31H,8-9H2/b23-21+. The number of rotatable bonds is 3. The smallest absolute Gasteiger partial charge is 0.301 e. The molecule has 1 fully saturated rings. The first-order valence-electron chi connectivity index (χ1n) is 10.9. The SMILES string of the molecule is O=C1C(=O)N(c2nc3ccc(F)cc3s2)C(c2cccc(Br)c2)/C1=C(\O)c1ccc2c(c1)OCCO2. The zero-order valence-electron chi connectivity index (χ0n) is 18.4. The van der Waals surface area contributed by atoms with Gasteiger partial charge in [0.25, 0.3) is 5.78 Å². The summed E-state index contributed by atoms with van der Waals surface area (Å²) in [7, 11) is 0. The van der Waals surface area contributed by atoms with Crippen molar-refractivity contribution >= 4 is 60.1 Å². The minimum Gasteiger partial charge on any atom is -0.507 e. The number of fused-ring (bicyclic) bond motifs is 2. The Kier molecular flexibility index (Phi) is 5.50. The molecule has 0 aliphatic carbocycles. The Labute approximate surface area is 216 Å². The van der Waals surface area contributed by atoms with Crippen LogP contribution in [0.15, 0.2) is 70.7 Å². The van der Waals surface area contributed by atoms with E-state index in [2.05, 4.69) is 20.9 Å². The van der Waals surface area contributed by atoms with Gasteiger partial charge in [-0.3, -0.25) is 14.5 Å². The fraction of sp³-hybridized carbons (Fsp3) is 0.115. The Morgan fingerprint density at radius 3 is 2.67 bits per heavy atom. The van der Waals surface area contributed by atoms with E-state index in [0.717, 1.165) is 15.8 Å². The molecule has 1 atom stereocenters. The zero-order chi connectivity index (χ0) is 25.0. The molecule has 2 aliphatic rings. The average molecular weight is 567 g/mol. The van der Waals surface area contributed by atoms with Crippen molar-refractivity contribution in [2.75, 3.05) is 18.1 Å². The van der Waals surface area contributed by atoms with Crippen molar-refractivity contribution in [2.45, 2.75) is 6.04 Å². The van der Waals surface area contributed by atoms with Crippen molar-refractivity contribution in [1.29, 1.82) is 0 Å². The van der Waals surface area contributed by atoms with Crippen molar-refractivity contribution < 1.29 is 28.6 Å². The van der Waals surface area contributed by atoms with E-state index in [1.807, 2.05) is 6.07 Å². The molecular weight excluding hydrogens is 551 g/mol. The van der Waals surface area contributed by atoms with Gasteiger partial charge in [0.15, 0.2) is 16.6 Å². The van der Waals surface area contributed by atoms with Crippen LogP contribution in [-0.4, -0.2) is 35.0 Å². The highest BCUT2D eigenvalue weighted by atomic mass is 79.9. The van der Waals surface area contributed by atoms with Crippen LogP contribution in [0.3, 0.4) is 0 Å². The third-order valence-corrected chi connectivity index (χ3v) is 7.48. The van der Waals surface area contributed by atoms with Gasteiger partial charge in [-0.15, -0.1) is 0 Å². The molecule has 3 heterocycles. The molecule has 1 amide bonds. The van der Waals surface area contributed by atoms with Crippen molar-refractivity contribution in [3.63, 3.8) is 0 Å². The Morgan fingerprint density at radius 1 is 1.06 bits per heavy atom. The van der Waals surface area contributed by atoms with Crippen LogP contribution in [0.5, 0.6) is 11.5 Å². The molecule has 180 valence electrons. The fourth-order valence-corrected chi connectivity index (χ4v) is 5.79. The largest absolute Gasteiger partial charge is 0.507 e. The van der Waals surface area contributed by atoms with Crippen LogP contribution in [0.25, 0.3) is 16.0 Å². The van der Waals surface area contributed by atoms with Gasteiger partial charge in [-0.25, -0.2) is 9.37 Å². The number of nitrogens with zero attached hydrogens (tertiary/aromatic N) is 2. The number of aliphatic hydroxyl groups is 1. The number of anilines is 1. The molecule has 7 nitrogen and oxygen atoms in total. The van der Waals surface area contributed by atoms with E-state index in [-0.39, 0.29) is 16.5 Å². The number of carbonyl (C=O) groups excluding carboxylic acids is 2. The number of Topliss-reactive ketones (excluding diaryl/α,β-unsaturated/α-hetero) is 1. The molecule has 1 saturated heterocycles. The quantitative estimate of drug-likeness (QED) is 0.197. The van der Waals surface area contributed by atoms with E-state index >= 15 is 0 Å². The van der Waals surface area contributed by atoms with Crippen molar-refractivity contribution in [2.24, 2.45) is 0 Å². The summed E-state index contributed by atoms with van der Waals surface area (Å²) in [6.45, 7) is 0.774. The van der Waals surface area contributed by atoms with Crippen LogP contribution in [0.4, 0.5) is 9.52 Å². The Hall–Kier alpha value is -3.76. The first-order valence-corrected chi connectivity index (χ1v) is 12.5.